The molecule has 136 valence electrons. The Hall–Kier alpha value is -1.83. The number of amides is 3. The highest BCUT2D eigenvalue weighted by atomic mass is 16.4. The molecule has 2 aliphatic rings. The van der Waals surface area contributed by atoms with Gasteiger partial charge in [-0.25, -0.2) is 4.79 Å². The Kier molecular flexibility index (Phi) is 6.84. The third-order valence-corrected chi connectivity index (χ3v) is 4.72. The van der Waals surface area contributed by atoms with Gasteiger partial charge >= 0.3 is 12.0 Å². The van der Waals surface area contributed by atoms with Gasteiger partial charge in [-0.1, -0.05) is 0 Å². The number of carboxylic acid groups (broad SMARTS) is 1. The van der Waals surface area contributed by atoms with Crippen LogP contribution in [0.2, 0.25) is 0 Å². The van der Waals surface area contributed by atoms with Crippen LogP contribution >= 0.6 is 0 Å². The summed E-state index contributed by atoms with van der Waals surface area (Å²) in [5.74, 6) is -1.16. The molecule has 1 aliphatic carbocycles. The van der Waals surface area contributed by atoms with Gasteiger partial charge in [-0.3, -0.25) is 9.59 Å². The molecule has 2 N–H and O–H groups in total. The number of urea groups is 1. The molecule has 8 heteroatoms. The second kappa shape index (κ2) is 8.86. The lowest BCUT2D eigenvalue weighted by atomic mass is 9.93. The maximum absolute atomic E-state index is 12.4. The van der Waals surface area contributed by atoms with Crippen LogP contribution in [0, 0.1) is 0 Å². The number of carbonyl (C=O) groups excluding carboxylic acids is 2. The van der Waals surface area contributed by atoms with Crippen LogP contribution in [0.3, 0.4) is 0 Å². The third kappa shape index (κ3) is 5.67. The lowest BCUT2D eigenvalue weighted by Gasteiger charge is -2.31. The van der Waals surface area contributed by atoms with Gasteiger partial charge in [0.2, 0.25) is 5.91 Å². The predicted molar refractivity (Wildman–Crippen MR) is 88.7 cm³/mol. The number of hydrogen-bond acceptors (Lipinski definition) is 4. The first-order valence-corrected chi connectivity index (χ1v) is 8.69. The highest BCUT2D eigenvalue weighted by molar-refractivity contribution is 5.81. The smallest absolute Gasteiger partial charge is 0.323 e. The number of aliphatic carboxylic acids is 1. The highest BCUT2D eigenvalue weighted by Gasteiger charge is 2.24. The zero-order valence-electron chi connectivity index (χ0n) is 14.4. The number of nitrogens with zero attached hydrogens (tertiary/aromatic N) is 3. The molecule has 8 nitrogen and oxygen atoms in total. The van der Waals surface area contributed by atoms with Gasteiger partial charge in [0.1, 0.15) is 6.54 Å². The van der Waals surface area contributed by atoms with E-state index in [0.29, 0.717) is 45.2 Å². The third-order valence-electron chi connectivity index (χ3n) is 4.72. The molecule has 0 aromatic heterocycles. The maximum Gasteiger partial charge on any atom is 0.323 e. The number of carbonyl (C=O) groups is 3. The van der Waals surface area contributed by atoms with Crippen molar-refractivity contribution in [1.82, 2.24) is 20.0 Å². The fraction of sp³-hybridized carbons (Fsp3) is 0.812. The molecule has 0 spiro atoms. The average molecular weight is 340 g/mol. The van der Waals surface area contributed by atoms with Crippen molar-refractivity contribution in [2.24, 2.45) is 0 Å². The lowest BCUT2D eigenvalue weighted by molar-refractivity contribution is -0.144. The van der Waals surface area contributed by atoms with Crippen molar-refractivity contribution in [3.63, 3.8) is 0 Å². The summed E-state index contributed by atoms with van der Waals surface area (Å²) in [5, 5.41) is 12.0. The second-order valence-electron chi connectivity index (χ2n) is 6.68. The minimum atomic E-state index is -0.998. The number of rotatable bonds is 3. The van der Waals surface area contributed by atoms with E-state index in [4.69, 9.17) is 5.11 Å². The van der Waals surface area contributed by atoms with Gasteiger partial charge < -0.3 is 25.1 Å². The average Bonchev–Trinajstić information content (AvgIpc) is 2.51. The van der Waals surface area contributed by atoms with Gasteiger partial charge in [0, 0.05) is 45.2 Å². The van der Waals surface area contributed by atoms with Crippen molar-refractivity contribution in [1.29, 1.82) is 0 Å². The molecule has 1 aliphatic heterocycles. The SMILES string of the molecule is CN1CCN(CC(=O)O)C(=O)CCCN(C(=O)NC2CCC2)CC1. The molecule has 1 saturated carbocycles. The zero-order valence-corrected chi connectivity index (χ0v) is 14.4. The minimum absolute atomic E-state index is 0.0535. The Bertz CT molecular complexity index is 467. The first-order valence-electron chi connectivity index (χ1n) is 8.69. The number of likely N-dealkylation sites (N-methyl/N-ethyl adjacent to an activating group) is 1. The number of carboxylic acids is 1. The van der Waals surface area contributed by atoms with Crippen LogP contribution in [0.25, 0.3) is 0 Å². The molecular weight excluding hydrogens is 312 g/mol. The monoisotopic (exact) mass is 340 g/mol. The van der Waals surface area contributed by atoms with Crippen molar-refractivity contribution in [3.8, 4) is 0 Å². The van der Waals surface area contributed by atoms with Crippen molar-refractivity contribution < 1.29 is 19.5 Å². The van der Waals surface area contributed by atoms with Crippen LogP contribution < -0.4 is 5.32 Å². The topological polar surface area (TPSA) is 93.2 Å². The Morgan fingerprint density at radius 1 is 1.12 bits per heavy atom. The van der Waals surface area contributed by atoms with E-state index in [0.717, 1.165) is 12.8 Å². The number of nitrogens with one attached hydrogen (secondary N) is 1. The van der Waals surface area contributed by atoms with Crippen molar-refractivity contribution in [2.75, 3.05) is 46.3 Å². The highest BCUT2D eigenvalue weighted by Crippen LogP contribution is 2.18. The molecule has 1 saturated heterocycles. The van der Waals surface area contributed by atoms with Gasteiger partial charge in [0.25, 0.3) is 0 Å². The van der Waals surface area contributed by atoms with Gasteiger partial charge in [-0.15, -0.1) is 0 Å². The van der Waals surface area contributed by atoms with E-state index < -0.39 is 5.97 Å². The maximum atomic E-state index is 12.4. The molecule has 24 heavy (non-hydrogen) atoms. The molecule has 0 atom stereocenters. The van der Waals surface area contributed by atoms with Crippen LogP contribution in [0.1, 0.15) is 32.1 Å². The van der Waals surface area contributed by atoms with Crippen molar-refractivity contribution in [2.45, 2.75) is 38.1 Å². The Labute approximate surface area is 142 Å². The lowest BCUT2D eigenvalue weighted by Crippen LogP contribution is -2.49. The molecule has 1 heterocycles. The molecule has 0 bridgehead atoms. The largest absolute Gasteiger partial charge is 0.480 e. The van der Waals surface area contributed by atoms with Crippen LogP contribution in [0.5, 0.6) is 0 Å². The van der Waals surface area contributed by atoms with E-state index in [9.17, 15) is 14.4 Å². The summed E-state index contributed by atoms with van der Waals surface area (Å²) in [6.45, 7) is 2.56. The fourth-order valence-electron chi connectivity index (χ4n) is 2.86. The quantitative estimate of drug-likeness (QED) is 0.765. The molecule has 0 aromatic carbocycles. The van der Waals surface area contributed by atoms with Crippen molar-refractivity contribution in [3.05, 3.63) is 0 Å². The number of hydrogen-bond donors (Lipinski definition) is 2. The Morgan fingerprint density at radius 2 is 1.83 bits per heavy atom. The van der Waals surface area contributed by atoms with Gasteiger partial charge in [0.05, 0.1) is 0 Å². The molecule has 0 unspecified atom stereocenters. The van der Waals surface area contributed by atoms with Crippen LogP contribution in [0.4, 0.5) is 4.79 Å². The normalized spacial score (nSPS) is 21.8. The van der Waals surface area contributed by atoms with Crippen LogP contribution in [0.15, 0.2) is 0 Å². The van der Waals surface area contributed by atoms with Gasteiger partial charge in [-0.2, -0.15) is 0 Å². The first-order chi connectivity index (χ1) is 11.5. The minimum Gasteiger partial charge on any atom is -0.480 e. The Balaban J connectivity index is 1.93. The molecular formula is C16H28N4O4. The fourth-order valence-corrected chi connectivity index (χ4v) is 2.86. The summed E-state index contributed by atoms with van der Waals surface area (Å²) in [4.78, 5) is 40.7. The molecule has 2 rings (SSSR count). The first kappa shape index (κ1) is 18.5. The molecule has 2 fully saturated rings. The Morgan fingerprint density at radius 3 is 2.46 bits per heavy atom. The summed E-state index contributed by atoms with van der Waals surface area (Å²) < 4.78 is 0. The van der Waals surface area contributed by atoms with E-state index in [-0.39, 0.29) is 24.9 Å². The zero-order chi connectivity index (χ0) is 17.5. The summed E-state index contributed by atoms with van der Waals surface area (Å²) in [6.07, 6.45) is 4.08. The van der Waals surface area contributed by atoms with E-state index in [1.54, 1.807) is 4.90 Å². The van der Waals surface area contributed by atoms with E-state index in [1.165, 1.54) is 11.3 Å². The molecule has 0 radical (unpaired) electrons. The van der Waals surface area contributed by atoms with Crippen LogP contribution in [-0.2, 0) is 9.59 Å². The van der Waals surface area contributed by atoms with E-state index in [1.807, 2.05) is 11.9 Å². The van der Waals surface area contributed by atoms with E-state index >= 15 is 0 Å². The summed E-state index contributed by atoms with van der Waals surface area (Å²) in [5.41, 5.74) is 0. The summed E-state index contributed by atoms with van der Waals surface area (Å²) >= 11 is 0. The predicted octanol–water partition coefficient (Wildman–Crippen LogP) is 0.189. The molecule has 3 amide bonds. The summed E-state index contributed by atoms with van der Waals surface area (Å²) in [7, 11) is 1.92. The molecule has 0 aromatic rings. The van der Waals surface area contributed by atoms with Gasteiger partial charge in [0.15, 0.2) is 0 Å². The van der Waals surface area contributed by atoms with Crippen LogP contribution in [-0.4, -0.2) is 90.1 Å². The van der Waals surface area contributed by atoms with E-state index in [2.05, 4.69) is 5.32 Å². The standard InChI is InChI=1S/C16H28N4O4/c1-18-8-10-19(16(24)17-13-4-2-5-13)7-3-6-14(21)20(11-9-18)12-15(22)23/h13H,2-12H2,1H3,(H,17,24)(H,22,23). The van der Waals surface area contributed by atoms with Gasteiger partial charge in [-0.05, 0) is 32.7 Å². The summed E-state index contributed by atoms with van der Waals surface area (Å²) in [6, 6.07) is 0.239. The second-order valence-corrected chi connectivity index (χ2v) is 6.68. The van der Waals surface area contributed by atoms with Crippen molar-refractivity contribution >= 4 is 17.9 Å².